The first-order valence-corrected chi connectivity index (χ1v) is 12.4. The van der Waals surface area contributed by atoms with Gasteiger partial charge in [0.15, 0.2) is 15.8 Å². The van der Waals surface area contributed by atoms with Crippen LogP contribution in [0, 0.1) is 0 Å². The maximum atomic E-state index is 12.3. The average molecular weight is 546 g/mol. The van der Waals surface area contributed by atoms with Gasteiger partial charge < -0.3 is 19.7 Å². The predicted octanol–water partition coefficient (Wildman–Crippen LogP) is 2.83. The third-order valence-corrected chi connectivity index (χ3v) is 8.01. The van der Waals surface area contributed by atoms with E-state index in [-0.39, 0.29) is 48.5 Å². The first-order valence-electron chi connectivity index (χ1n) is 10.7. The Morgan fingerprint density at radius 1 is 1.21 bits per heavy atom. The molecule has 29 heavy (non-hydrogen) atoms. The number of nitrogens with one attached hydrogen (secondary N) is 1. The Morgan fingerprint density at radius 2 is 1.90 bits per heavy atom. The number of piperidine rings is 1. The van der Waals surface area contributed by atoms with Crippen molar-refractivity contribution in [3.63, 3.8) is 0 Å². The van der Waals surface area contributed by atoms with Crippen LogP contribution in [0.1, 0.15) is 59.8 Å². The molecule has 9 heteroatoms. The third-order valence-electron chi connectivity index (χ3n) is 5.42. The number of hydrogen-bond donors (Lipinski definition) is 1. The number of sulfone groups is 1. The maximum absolute atomic E-state index is 12.3. The molecule has 172 valence electrons. The van der Waals surface area contributed by atoms with Crippen LogP contribution in [0.3, 0.4) is 0 Å². The fourth-order valence-corrected chi connectivity index (χ4v) is 4.36. The fourth-order valence-electron chi connectivity index (χ4n) is 3.42. The van der Waals surface area contributed by atoms with E-state index in [1.807, 2.05) is 6.92 Å². The maximum Gasteiger partial charge on any atom is 0.193 e. The molecule has 2 heterocycles. The molecular weight excluding hydrogens is 505 g/mol. The van der Waals surface area contributed by atoms with Crippen LogP contribution in [0.25, 0.3) is 0 Å². The van der Waals surface area contributed by atoms with Crippen LogP contribution in [-0.2, 0) is 19.3 Å². The molecule has 0 amide bonds. The molecule has 2 fully saturated rings. The van der Waals surface area contributed by atoms with Crippen LogP contribution < -0.4 is 5.32 Å². The lowest BCUT2D eigenvalue weighted by Crippen LogP contribution is -2.47. The van der Waals surface area contributed by atoms with Gasteiger partial charge in [-0.1, -0.05) is 0 Å². The van der Waals surface area contributed by atoms with Crippen molar-refractivity contribution in [1.29, 1.82) is 0 Å². The standard InChI is InChI=1S/C20H39N3O4S.HI/c1-5-21-19(22-11-15-28(24,25)20(2,3)4)23-12-9-17(10-13-23)27-16-18-8-6-7-14-26-18;/h17-18H,5-16H2,1-4H3,(H,21,22);1H. The highest BCUT2D eigenvalue weighted by molar-refractivity contribution is 14.0. The second-order valence-corrected chi connectivity index (χ2v) is 11.5. The summed E-state index contributed by atoms with van der Waals surface area (Å²) in [5.74, 6) is 0.882. The molecule has 1 unspecified atom stereocenters. The molecule has 1 atom stereocenters. The Bertz CT molecular complexity index is 593. The third kappa shape index (κ3) is 8.86. The minimum Gasteiger partial charge on any atom is -0.376 e. The summed E-state index contributed by atoms with van der Waals surface area (Å²) >= 11 is 0. The molecule has 0 aromatic rings. The van der Waals surface area contributed by atoms with Gasteiger partial charge in [0, 0.05) is 26.2 Å². The highest BCUT2D eigenvalue weighted by Gasteiger charge is 2.28. The first kappa shape index (κ1) is 26.9. The van der Waals surface area contributed by atoms with Crippen LogP contribution >= 0.6 is 24.0 Å². The zero-order valence-corrected chi connectivity index (χ0v) is 21.6. The highest BCUT2D eigenvalue weighted by Crippen LogP contribution is 2.18. The van der Waals surface area contributed by atoms with E-state index in [4.69, 9.17) is 9.47 Å². The van der Waals surface area contributed by atoms with Crippen LogP contribution in [0.15, 0.2) is 4.99 Å². The van der Waals surface area contributed by atoms with Gasteiger partial charge in [0.25, 0.3) is 0 Å². The van der Waals surface area contributed by atoms with E-state index in [0.29, 0.717) is 6.61 Å². The molecule has 1 N–H and O–H groups in total. The van der Waals surface area contributed by atoms with Crippen LogP contribution in [0.4, 0.5) is 0 Å². The Morgan fingerprint density at radius 3 is 2.45 bits per heavy atom. The molecule has 2 saturated heterocycles. The number of likely N-dealkylation sites (tertiary alicyclic amines) is 1. The van der Waals surface area contributed by atoms with E-state index in [2.05, 4.69) is 15.2 Å². The molecular formula is C20H40IN3O4S. The summed E-state index contributed by atoms with van der Waals surface area (Å²) < 4.78 is 35.7. The van der Waals surface area contributed by atoms with Gasteiger partial charge in [-0.25, -0.2) is 8.42 Å². The number of aliphatic imine (C=N–C) groups is 1. The Kier molecular flexibility index (Phi) is 11.7. The summed E-state index contributed by atoms with van der Waals surface area (Å²) in [4.78, 5) is 6.78. The second kappa shape index (κ2) is 12.7. The summed E-state index contributed by atoms with van der Waals surface area (Å²) in [5, 5.41) is 3.30. The van der Waals surface area contributed by atoms with E-state index in [1.165, 1.54) is 12.8 Å². The largest absolute Gasteiger partial charge is 0.376 e. The molecule has 0 aliphatic carbocycles. The number of ether oxygens (including phenoxy) is 2. The lowest BCUT2D eigenvalue weighted by Gasteiger charge is -2.35. The van der Waals surface area contributed by atoms with Gasteiger partial charge in [-0.15, -0.1) is 24.0 Å². The average Bonchev–Trinajstić information content (AvgIpc) is 2.66. The van der Waals surface area contributed by atoms with Crippen molar-refractivity contribution >= 4 is 39.8 Å². The highest BCUT2D eigenvalue weighted by atomic mass is 127. The lowest BCUT2D eigenvalue weighted by molar-refractivity contribution is -0.0721. The van der Waals surface area contributed by atoms with Gasteiger partial charge in [-0.2, -0.15) is 0 Å². The molecule has 7 nitrogen and oxygen atoms in total. The number of hydrogen-bond acceptors (Lipinski definition) is 5. The Balaban J connectivity index is 0.00000420. The Hall–Kier alpha value is -0.130. The van der Waals surface area contributed by atoms with E-state index < -0.39 is 14.6 Å². The summed E-state index contributed by atoms with van der Waals surface area (Å²) in [7, 11) is -3.15. The zero-order valence-electron chi connectivity index (χ0n) is 18.5. The molecule has 2 aliphatic heterocycles. The molecule has 0 radical (unpaired) electrons. The quantitative estimate of drug-likeness (QED) is 0.301. The summed E-state index contributed by atoms with van der Waals surface area (Å²) in [6.45, 7) is 11.6. The van der Waals surface area contributed by atoms with Crippen LogP contribution in [0.2, 0.25) is 0 Å². The summed E-state index contributed by atoms with van der Waals surface area (Å²) in [6, 6.07) is 0. The smallest absolute Gasteiger partial charge is 0.193 e. The van der Waals surface area contributed by atoms with E-state index in [1.54, 1.807) is 20.8 Å². The normalized spacial score (nSPS) is 22.3. The van der Waals surface area contributed by atoms with Gasteiger partial charge >= 0.3 is 0 Å². The summed E-state index contributed by atoms with van der Waals surface area (Å²) in [6.07, 6.45) is 5.95. The minimum atomic E-state index is -3.15. The van der Waals surface area contributed by atoms with Crippen molar-refractivity contribution in [3.8, 4) is 0 Å². The second-order valence-electron chi connectivity index (χ2n) is 8.68. The number of rotatable bonds is 7. The predicted molar refractivity (Wildman–Crippen MR) is 129 cm³/mol. The lowest BCUT2D eigenvalue weighted by atomic mass is 10.1. The van der Waals surface area contributed by atoms with Gasteiger partial charge in [0.05, 0.1) is 35.9 Å². The van der Waals surface area contributed by atoms with Gasteiger partial charge in [-0.05, 0) is 59.8 Å². The van der Waals surface area contributed by atoms with E-state index >= 15 is 0 Å². The Labute approximate surface area is 194 Å². The molecule has 2 rings (SSSR count). The van der Waals surface area contributed by atoms with Crippen molar-refractivity contribution in [2.75, 3.05) is 45.1 Å². The SMILES string of the molecule is CCNC(=NCCS(=O)(=O)C(C)(C)C)N1CCC(OCC2CCCCO2)CC1.I. The van der Waals surface area contributed by atoms with E-state index in [9.17, 15) is 8.42 Å². The molecule has 0 bridgehead atoms. The van der Waals surface area contributed by atoms with Crippen molar-refractivity contribution in [2.45, 2.75) is 76.8 Å². The molecule has 0 spiro atoms. The monoisotopic (exact) mass is 545 g/mol. The van der Waals surface area contributed by atoms with Gasteiger partial charge in [0.1, 0.15) is 0 Å². The van der Waals surface area contributed by atoms with Crippen LogP contribution in [0.5, 0.6) is 0 Å². The fraction of sp³-hybridized carbons (Fsp3) is 0.950. The van der Waals surface area contributed by atoms with E-state index in [0.717, 1.165) is 51.5 Å². The van der Waals surface area contributed by atoms with Crippen molar-refractivity contribution in [1.82, 2.24) is 10.2 Å². The number of guanidine groups is 1. The minimum absolute atomic E-state index is 0. The summed E-state index contributed by atoms with van der Waals surface area (Å²) in [5.41, 5.74) is 0. The molecule has 2 aliphatic rings. The van der Waals surface area contributed by atoms with Crippen molar-refractivity contribution in [3.05, 3.63) is 0 Å². The number of halogens is 1. The van der Waals surface area contributed by atoms with Gasteiger partial charge in [-0.3, -0.25) is 4.99 Å². The topological polar surface area (TPSA) is 80.2 Å². The molecule has 0 aromatic heterocycles. The van der Waals surface area contributed by atoms with Crippen LogP contribution in [-0.4, -0.2) is 81.4 Å². The van der Waals surface area contributed by atoms with Crippen molar-refractivity contribution in [2.24, 2.45) is 4.99 Å². The molecule has 0 aromatic carbocycles. The number of nitrogens with zero attached hydrogens (tertiary/aromatic N) is 2. The van der Waals surface area contributed by atoms with Gasteiger partial charge in [0.2, 0.25) is 0 Å². The zero-order chi connectivity index (χ0) is 20.6. The first-order chi connectivity index (χ1) is 13.2. The van der Waals surface area contributed by atoms with Crippen molar-refractivity contribution < 1.29 is 17.9 Å². The molecule has 0 saturated carbocycles.